The molecule has 2 aromatic carbocycles. The minimum atomic E-state index is -0.607. The number of hydrogen-bond acceptors (Lipinski definition) is 6. The SMILES string of the molecule is Nc1ccc(-c2ccc(N)c([N+](=O)[O-])c2)cc1[N+](=O)[O-]. The predicted molar refractivity (Wildman–Crippen MR) is 74.0 cm³/mol. The van der Waals surface area contributed by atoms with E-state index in [9.17, 15) is 20.2 Å². The lowest BCUT2D eigenvalue weighted by Crippen LogP contribution is -1.97. The van der Waals surface area contributed by atoms with Crippen molar-refractivity contribution in [3.05, 3.63) is 56.6 Å². The van der Waals surface area contributed by atoms with Gasteiger partial charge in [0.15, 0.2) is 0 Å². The average molecular weight is 274 g/mol. The molecule has 0 atom stereocenters. The smallest absolute Gasteiger partial charge is 0.292 e. The summed E-state index contributed by atoms with van der Waals surface area (Å²) in [5.74, 6) is 0. The van der Waals surface area contributed by atoms with Gasteiger partial charge in [0, 0.05) is 12.1 Å². The highest BCUT2D eigenvalue weighted by atomic mass is 16.6. The van der Waals surface area contributed by atoms with Crippen molar-refractivity contribution in [1.82, 2.24) is 0 Å². The summed E-state index contributed by atoms with van der Waals surface area (Å²) in [5.41, 5.74) is 11.5. The van der Waals surface area contributed by atoms with E-state index in [1.54, 1.807) is 12.1 Å². The number of nitro benzene ring substituents is 2. The summed E-state index contributed by atoms with van der Waals surface area (Å²) in [6, 6.07) is 8.41. The van der Waals surface area contributed by atoms with Crippen LogP contribution in [0.1, 0.15) is 0 Å². The van der Waals surface area contributed by atoms with Crippen LogP contribution in [0, 0.1) is 20.2 Å². The average Bonchev–Trinajstić information content (AvgIpc) is 2.39. The number of nitro groups is 2. The standard InChI is InChI=1S/C12H10N4O4/c13-9-3-1-7(5-11(9)15(17)18)8-2-4-10(14)12(6-8)16(19)20/h1-6H,13-14H2. The van der Waals surface area contributed by atoms with Crippen LogP contribution in [-0.4, -0.2) is 9.85 Å². The Morgan fingerprint density at radius 2 is 1.10 bits per heavy atom. The summed E-state index contributed by atoms with van der Waals surface area (Å²) < 4.78 is 0. The molecule has 0 unspecified atom stereocenters. The van der Waals surface area contributed by atoms with Gasteiger partial charge in [-0.15, -0.1) is 0 Å². The third-order valence-electron chi connectivity index (χ3n) is 2.79. The second-order valence-corrected chi connectivity index (χ2v) is 4.06. The Bertz CT molecular complexity index is 653. The van der Waals surface area contributed by atoms with Crippen molar-refractivity contribution in [3.8, 4) is 11.1 Å². The Hall–Kier alpha value is -3.16. The molecular formula is C12H10N4O4. The molecule has 2 aromatic rings. The topological polar surface area (TPSA) is 138 Å². The molecule has 0 aromatic heterocycles. The van der Waals surface area contributed by atoms with Crippen molar-refractivity contribution < 1.29 is 9.85 Å². The monoisotopic (exact) mass is 274 g/mol. The molecular weight excluding hydrogens is 264 g/mol. The number of nitrogens with two attached hydrogens (primary N) is 2. The maximum Gasteiger partial charge on any atom is 0.292 e. The first kappa shape index (κ1) is 13.3. The molecule has 20 heavy (non-hydrogen) atoms. The molecule has 2 rings (SSSR count). The largest absolute Gasteiger partial charge is 0.393 e. The molecule has 0 radical (unpaired) electrons. The van der Waals surface area contributed by atoms with Crippen molar-refractivity contribution in [2.24, 2.45) is 0 Å². The molecule has 0 aliphatic carbocycles. The van der Waals surface area contributed by atoms with E-state index in [1.807, 2.05) is 0 Å². The van der Waals surface area contributed by atoms with Crippen molar-refractivity contribution in [2.75, 3.05) is 11.5 Å². The Morgan fingerprint density at radius 1 is 0.750 bits per heavy atom. The summed E-state index contributed by atoms with van der Waals surface area (Å²) in [4.78, 5) is 20.5. The van der Waals surface area contributed by atoms with Crippen LogP contribution in [0.4, 0.5) is 22.7 Å². The Balaban J connectivity index is 2.57. The van der Waals surface area contributed by atoms with Crippen molar-refractivity contribution in [2.45, 2.75) is 0 Å². The number of hydrogen-bond donors (Lipinski definition) is 2. The van der Waals surface area contributed by atoms with Crippen LogP contribution < -0.4 is 11.5 Å². The second kappa shape index (κ2) is 4.84. The summed E-state index contributed by atoms with van der Waals surface area (Å²) in [5, 5.41) is 21.7. The highest BCUT2D eigenvalue weighted by Gasteiger charge is 2.16. The van der Waals surface area contributed by atoms with Gasteiger partial charge >= 0.3 is 0 Å². The van der Waals surface area contributed by atoms with Crippen LogP contribution in [0.5, 0.6) is 0 Å². The third-order valence-corrected chi connectivity index (χ3v) is 2.79. The van der Waals surface area contributed by atoms with E-state index >= 15 is 0 Å². The fourth-order valence-corrected chi connectivity index (χ4v) is 1.76. The lowest BCUT2D eigenvalue weighted by atomic mass is 10.0. The van der Waals surface area contributed by atoms with Gasteiger partial charge in [0.2, 0.25) is 0 Å². The molecule has 0 aliphatic rings. The van der Waals surface area contributed by atoms with E-state index in [0.29, 0.717) is 11.1 Å². The Morgan fingerprint density at radius 3 is 1.40 bits per heavy atom. The van der Waals surface area contributed by atoms with Crippen LogP contribution in [-0.2, 0) is 0 Å². The molecule has 4 N–H and O–H groups in total. The molecule has 0 saturated heterocycles. The Kier molecular flexibility index (Phi) is 3.21. The van der Waals surface area contributed by atoms with Crippen LogP contribution in [0.15, 0.2) is 36.4 Å². The van der Waals surface area contributed by atoms with E-state index in [2.05, 4.69) is 0 Å². The molecule has 102 valence electrons. The predicted octanol–water partition coefficient (Wildman–Crippen LogP) is 2.33. The number of nitrogen functional groups attached to an aromatic ring is 2. The lowest BCUT2D eigenvalue weighted by molar-refractivity contribution is -0.384. The van der Waals surface area contributed by atoms with E-state index in [4.69, 9.17) is 11.5 Å². The zero-order valence-corrected chi connectivity index (χ0v) is 10.1. The maximum atomic E-state index is 10.8. The molecule has 0 heterocycles. The molecule has 8 heteroatoms. The van der Waals surface area contributed by atoms with Gasteiger partial charge in [-0.3, -0.25) is 20.2 Å². The van der Waals surface area contributed by atoms with E-state index in [0.717, 1.165) is 0 Å². The quantitative estimate of drug-likeness (QED) is 0.500. The number of benzene rings is 2. The maximum absolute atomic E-state index is 10.8. The van der Waals surface area contributed by atoms with Crippen molar-refractivity contribution in [3.63, 3.8) is 0 Å². The van der Waals surface area contributed by atoms with E-state index < -0.39 is 9.85 Å². The Labute approximate surface area is 112 Å². The zero-order chi connectivity index (χ0) is 14.9. The summed E-state index contributed by atoms with van der Waals surface area (Å²) >= 11 is 0. The van der Waals surface area contributed by atoms with Gasteiger partial charge in [-0.2, -0.15) is 0 Å². The highest BCUT2D eigenvalue weighted by molar-refractivity contribution is 5.76. The van der Waals surface area contributed by atoms with Crippen LogP contribution >= 0.6 is 0 Å². The van der Waals surface area contributed by atoms with Crippen LogP contribution in [0.2, 0.25) is 0 Å². The number of nitrogens with zero attached hydrogens (tertiary/aromatic N) is 2. The second-order valence-electron chi connectivity index (χ2n) is 4.06. The molecule has 0 spiro atoms. The first-order valence-electron chi connectivity index (χ1n) is 5.48. The minimum Gasteiger partial charge on any atom is -0.393 e. The molecule has 0 fully saturated rings. The number of anilines is 2. The van der Waals surface area contributed by atoms with Gasteiger partial charge < -0.3 is 11.5 Å². The first-order valence-corrected chi connectivity index (χ1v) is 5.48. The van der Waals surface area contributed by atoms with Gasteiger partial charge in [-0.25, -0.2) is 0 Å². The van der Waals surface area contributed by atoms with Gasteiger partial charge in [-0.1, -0.05) is 12.1 Å². The lowest BCUT2D eigenvalue weighted by Gasteiger charge is -2.05. The fourth-order valence-electron chi connectivity index (χ4n) is 1.76. The molecule has 8 nitrogen and oxygen atoms in total. The molecule has 0 saturated carbocycles. The van der Waals surface area contributed by atoms with Gasteiger partial charge in [-0.05, 0) is 23.3 Å². The van der Waals surface area contributed by atoms with Gasteiger partial charge in [0.25, 0.3) is 11.4 Å². The highest BCUT2D eigenvalue weighted by Crippen LogP contribution is 2.32. The summed E-state index contributed by atoms with van der Waals surface area (Å²) in [7, 11) is 0. The number of rotatable bonds is 3. The molecule has 0 bridgehead atoms. The summed E-state index contributed by atoms with van der Waals surface area (Å²) in [6.07, 6.45) is 0. The van der Waals surface area contributed by atoms with Gasteiger partial charge in [0.05, 0.1) is 9.85 Å². The first-order chi connectivity index (χ1) is 9.40. The zero-order valence-electron chi connectivity index (χ0n) is 10.1. The van der Waals surface area contributed by atoms with Gasteiger partial charge in [0.1, 0.15) is 11.4 Å². The molecule has 0 amide bonds. The van der Waals surface area contributed by atoms with E-state index in [1.165, 1.54) is 24.3 Å². The third kappa shape index (κ3) is 2.34. The normalized spacial score (nSPS) is 10.2. The van der Waals surface area contributed by atoms with Crippen LogP contribution in [0.25, 0.3) is 11.1 Å². The molecule has 0 aliphatic heterocycles. The van der Waals surface area contributed by atoms with Crippen LogP contribution in [0.3, 0.4) is 0 Å². The van der Waals surface area contributed by atoms with Crippen molar-refractivity contribution in [1.29, 1.82) is 0 Å². The van der Waals surface area contributed by atoms with Crippen molar-refractivity contribution >= 4 is 22.7 Å². The summed E-state index contributed by atoms with van der Waals surface area (Å²) in [6.45, 7) is 0. The van der Waals surface area contributed by atoms with E-state index in [-0.39, 0.29) is 22.7 Å². The fraction of sp³-hybridized carbons (Fsp3) is 0. The minimum absolute atomic E-state index is 0.0312.